The van der Waals surface area contributed by atoms with Gasteiger partial charge in [-0.2, -0.15) is 15.4 Å². The van der Waals surface area contributed by atoms with Crippen LogP contribution in [0.25, 0.3) is 10.9 Å². The van der Waals surface area contributed by atoms with Gasteiger partial charge in [-0.3, -0.25) is 9.78 Å². The molecule has 1 aliphatic heterocycles. The normalized spacial score (nSPS) is 20.7. The number of likely N-dealkylation sites (tertiary alicyclic amines) is 1. The first-order valence-corrected chi connectivity index (χ1v) is 7.49. The molecule has 1 aliphatic rings. The van der Waals surface area contributed by atoms with E-state index in [1.165, 1.54) is 23.2 Å². The summed E-state index contributed by atoms with van der Waals surface area (Å²) in [6.07, 6.45) is 3.34. The highest BCUT2D eigenvalue weighted by Crippen LogP contribution is 2.31. The Morgan fingerprint density at radius 2 is 2.29 bits per heavy atom. The quantitative estimate of drug-likeness (QED) is 0.738. The molecule has 0 saturated carbocycles. The number of carbonyl (C=O) groups is 1. The van der Waals surface area contributed by atoms with E-state index in [-0.39, 0.29) is 18.0 Å². The highest BCUT2D eigenvalue weighted by atomic mass is 19.1. The number of fused-ring (bicyclic) bond motifs is 1. The maximum atomic E-state index is 13.8. The molecule has 8 heteroatoms. The second-order valence-corrected chi connectivity index (χ2v) is 5.89. The SMILES string of the molecule is O=C(c1cc(F)cc2cccnc12)N1CCC(O)(c2cn[nH]n2)C1. The molecule has 122 valence electrons. The van der Waals surface area contributed by atoms with E-state index in [0.717, 1.165) is 0 Å². The van der Waals surface area contributed by atoms with Crippen LogP contribution in [0.4, 0.5) is 4.39 Å². The van der Waals surface area contributed by atoms with Crippen molar-refractivity contribution in [1.82, 2.24) is 25.3 Å². The Morgan fingerprint density at radius 1 is 1.42 bits per heavy atom. The number of aliphatic hydroxyl groups is 1. The van der Waals surface area contributed by atoms with Crippen LogP contribution in [-0.2, 0) is 5.60 Å². The number of nitrogens with zero attached hydrogens (tertiary/aromatic N) is 4. The predicted molar refractivity (Wildman–Crippen MR) is 82.5 cm³/mol. The van der Waals surface area contributed by atoms with Crippen molar-refractivity contribution in [1.29, 1.82) is 0 Å². The van der Waals surface area contributed by atoms with E-state index in [4.69, 9.17) is 0 Å². The first-order chi connectivity index (χ1) is 11.6. The van der Waals surface area contributed by atoms with Crippen molar-refractivity contribution in [2.24, 2.45) is 0 Å². The minimum Gasteiger partial charge on any atom is -0.381 e. The van der Waals surface area contributed by atoms with Crippen LogP contribution in [0.5, 0.6) is 0 Å². The number of pyridine rings is 1. The minimum atomic E-state index is -1.25. The Labute approximate surface area is 136 Å². The summed E-state index contributed by atoms with van der Waals surface area (Å²) < 4.78 is 13.8. The second kappa shape index (κ2) is 5.34. The zero-order chi connectivity index (χ0) is 16.7. The first kappa shape index (κ1) is 14.7. The first-order valence-electron chi connectivity index (χ1n) is 7.49. The van der Waals surface area contributed by atoms with Crippen LogP contribution < -0.4 is 0 Å². The van der Waals surface area contributed by atoms with E-state index in [0.29, 0.717) is 29.6 Å². The van der Waals surface area contributed by atoms with Crippen LogP contribution in [0.3, 0.4) is 0 Å². The molecule has 1 amide bonds. The average molecular weight is 327 g/mol. The lowest BCUT2D eigenvalue weighted by molar-refractivity contribution is 0.0382. The summed E-state index contributed by atoms with van der Waals surface area (Å²) in [4.78, 5) is 18.5. The molecule has 7 nitrogen and oxygen atoms in total. The number of benzene rings is 1. The molecule has 24 heavy (non-hydrogen) atoms. The van der Waals surface area contributed by atoms with Gasteiger partial charge in [0.05, 0.1) is 23.8 Å². The van der Waals surface area contributed by atoms with Gasteiger partial charge in [0, 0.05) is 24.5 Å². The number of aromatic amines is 1. The summed E-state index contributed by atoms with van der Waals surface area (Å²) >= 11 is 0. The Morgan fingerprint density at radius 3 is 3.08 bits per heavy atom. The van der Waals surface area contributed by atoms with Crippen LogP contribution >= 0.6 is 0 Å². The van der Waals surface area contributed by atoms with Gasteiger partial charge in [-0.15, -0.1) is 0 Å². The molecule has 1 fully saturated rings. The number of halogens is 1. The van der Waals surface area contributed by atoms with Crippen LogP contribution in [-0.4, -0.2) is 49.4 Å². The molecule has 1 atom stereocenters. The van der Waals surface area contributed by atoms with E-state index in [1.807, 2.05) is 0 Å². The highest BCUT2D eigenvalue weighted by Gasteiger charge is 2.42. The van der Waals surface area contributed by atoms with Gasteiger partial charge in [-0.1, -0.05) is 6.07 Å². The molecule has 0 radical (unpaired) electrons. The van der Waals surface area contributed by atoms with Crippen molar-refractivity contribution in [2.75, 3.05) is 13.1 Å². The molecule has 1 saturated heterocycles. The van der Waals surface area contributed by atoms with Crippen molar-refractivity contribution in [3.63, 3.8) is 0 Å². The van der Waals surface area contributed by atoms with Gasteiger partial charge in [0.1, 0.15) is 17.1 Å². The molecular weight excluding hydrogens is 313 g/mol. The van der Waals surface area contributed by atoms with Gasteiger partial charge < -0.3 is 10.0 Å². The zero-order valence-electron chi connectivity index (χ0n) is 12.6. The van der Waals surface area contributed by atoms with E-state index in [1.54, 1.807) is 18.3 Å². The summed E-state index contributed by atoms with van der Waals surface area (Å²) in [5.74, 6) is -0.859. The number of rotatable bonds is 2. The third kappa shape index (κ3) is 2.31. The molecule has 4 rings (SSSR count). The van der Waals surface area contributed by atoms with Crippen LogP contribution in [0.2, 0.25) is 0 Å². The summed E-state index contributed by atoms with van der Waals surface area (Å²) in [5.41, 5.74) is -0.227. The zero-order valence-corrected chi connectivity index (χ0v) is 12.6. The smallest absolute Gasteiger partial charge is 0.256 e. The fourth-order valence-corrected chi connectivity index (χ4v) is 3.09. The highest BCUT2D eigenvalue weighted by molar-refractivity contribution is 6.05. The van der Waals surface area contributed by atoms with Gasteiger partial charge >= 0.3 is 0 Å². The van der Waals surface area contributed by atoms with Gasteiger partial charge in [0.2, 0.25) is 0 Å². The van der Waals surface area contributed by atoms with Crippen molar-refractivity contribution in [2.45, 2.75) is 12.0 Å². The van der Waals surface area contributed by atoms with Gasteiger partial charge in [0.25, 0.3) is 5.91 Å². The third-order valence-corrected chi connectivity index (χ3v) is 4.33. The van der Waals surface area contributed by atoms with Gasteiger partial charge in [-0.05, 0) is 18.2 Å². The number of carbonyl (C=O) groups excluding carboxylic acids is 1. The molecule has 3 aromatic rings. The summed E-state index contributed by atoms with van der Waals surface area (Å²) in [7, 11) is 0. The molecule has 3 heterocycles. The van der Waals surface area contributed by atoms with Crippen molar-refractivity contribution in [3.8, 4) is 0 Å². The number of H-pyrrole nitrogens is 1. The Kier molecular flexibility index (Phi) is 3.27. The molecular formula is C16H14FN5O2. The van der Waals surface area contributed by atoms with Crippen molar-refractivity contribution >= 4 is 16.8 Å². The van der Waals surface area contributed by atoms with E-state index in [9.17, 15) is 14.3 Å². The molecule has 0 aliphatic carbocycles. The Bertz CT molecular complexity index is 914. The third-order valence-electron chi connectivity index (χ3n) is 4.33. The molecule has 1 aromatic carbocycles. The lowest BCUT2D eigenvalue weighted by Gasteiger charge is -2.21. The van der Waals surface area contributed by atoms with E-state index in [2.05, 4.69) is 20.4 Å². The number of aromatic nitrogens is 4. The largest absolute Gasteiger partial charge is 0.381 e. The molecule has 0 bridgehead atoms. The fourth-order valence-electron chi connectivity index (χ4n) is 3.09. The van der Waals surface area contributed by atoms with Gasteiger partial charge in [-0.25, -0.2) is 4.39 Å². The van der Waals surface area contributed by atoms with E-state index < -0.39 is 11.4 Å². The number of amides is 1. The van der Waals surface area contributed by atoms with Crippen LogP contribution in [0.1, 0.15) is 22.5 Å². The maximum Gasteiger partial charge on any atom is 0.256 e. The number of β-amino-alcohol motifs (C(OH)–C–C–N with tert-alkyl or cyclic N) is 1. The lowest BCUT2D eigenvalue weighted by atomic mass is 10.00. The Balaban J connectivity index is 1.68. The number of hydrogen-bond donors (Lipinski definition) is 2. The minimum absolute atomic E-state index is 0.0726. The predicted octanol–water partition coefficient (Wildman–Crippen LogP) is 1.23. The molecule has 1 unspecified atom stereocenters. The molecule has 2 aromatic heterocycles. The second-order valence-electron chi connectivity index (χ2n) is 5.89. The summed E-state index contributed by atoms with van der Waals surface area (Å²) in [6.45, 7) is 0.413. The maximum absolute atomic E-state index is 13.8. The monoisotopic (exact) mass is 327 g/mol. The standard InChI is InChI=1S/C16H14FN5O2/c17-11-6-10-2-1-4-18-14(10)12(7-11)15(23)22-5-3-16(24,9-22)13-8-19-21-20-13/h1-2,4,6-8,24H,3,5,9H2,(H,19,20,21). The molecule has 0 spiro atoms. The topological polar surface area (TPSA) is 95.0 Å². The summed E-state index contributed by atoms with van der Waals surface area (Å²) in [6, 6.07) is 5.92. The van der Waals surface area contributed by atoms with Crippen molar-refractivity contribution in [3.05, 3.63) is 53.7 Å². The van der Waals surface area contributed by atoms with Crippen LogP contribution in [0, 0.1) is 5.82 Å². The van der Waals surface area contributed by atoms with Gasteiger partial charge in [0.15, 0.2) is 0 Å². The van der Waals surface area contributed by atoms with Crippen molar-refractivity contribution < 1.29 is 14.3 Å². The average Bonchev–Trinajstić information content (AvgIpc) is 3.24. The lowest BCUT2D eigenvalue weighted by Crippen LogP contribution is -2.34. The fraction of sp³-hybridized carbons (Fsp3) is 0.250. The Hall–Kier alpha value is -2.87. The number of nitrogens with one attached hydrogen (secondary N) is 1. The van der Waals surface area contributed by atoms with Crippen LogP contribution in [0.15, 0.2) is 36.7 Å². The van der Waals surface area contributed by atoms with E-state index >= 15 is 0 Å². The number of hydrogen-bond acceptors (Lipinski definition) is 5. The summed E-state index contributed by atoms with van der Waals surface area (Å²) in [5, 5.41) is 21.3. The molecule has 2 N–H and O–H groups in total.